The molecule has 3 heteroatoms. The van der Waals surface area contributed by atoms with Crippen molar-refractivity contribution in [1.82, 2.24) is 0 Å². The number of carbonyl (C=O) groups is 3. The number of Topliss-reactive ketones (excluding diaryl/α,β-unsaturated/α-hetero) is 1. The molecular formula is C16H18O3. The molecular weight excluding hydrogens is 240 g/mol. The van der Waals surface area contributed by atoms with Crippen molar-refractivity contribution >= 4 is 17.3 Å². The molecule has 0 atom stereocenters. The molecule has 0 heterocycles. The molecule has 0 spiro atoms. The van der Waals surface area contributed by atoms with E-state index in [0.29, 0.717) is 24.0 Å². The van der Waals surface area contributed by atoms with E-state index in [1.54, 1.807) is 13.0 Å². The highest BCUT2D eigenvalue weighted by atomic mass is 16.1. The van der Waals surface area contributed by atoms with Crippen molar-refractivity contribution in [3.8, 4) is 0 Å². The van der Waals surface area contributed by atoms with Crippen molar-refractivity contribution in [3.05, 3.63) is 47.1 Å². The lowest BCUT2D eigenvalue weighted by molar-refractivity contribution is -0.115. The first kappa shape index (κ1) is 15.0. The normalized spacial score (nSPS) is 16.7. The Hall–Kier alpha value is -2.03. The van der Waals surface area contributed by atoms with Gasteiger partial charge >= 0.3 is 0 Å². The van der Waals surface area contributed by atoms with E-state index in [1.165, 1.54) is 25.2 Å². The van der Waals surface area contributed by atoms with Crippen LogP contribution in [0.3, 0.4) is 0 Å². The Morgan fingerprint density at radius 2 is 1.89 bits per heavy atom. The summed E-state index contributed by atoms with van der Waals surface area (Å²) in [5, 5.41) is 0. The summed E-state index contributed by atoms with van der Waals surface area (Å²) in [5.74, 6) is -0.179. The maximum Gasteiger partial charge on any atom is 0.185 e. The first-order valence-electron chi connectivity index (χ1n) is 6.20. The summed E-state index contributed by atoms with van der Waals surface area (Å²) in [7, 11) is 0. The van der Waals surface area contributed by atoms with Gasteiger partial charge in [0.25, 0.3) is 0 Å². The van der Waals surface area contributed by atoms with Crippen LogP contribution in [0.15, 0.2) is 47.1 Å². The third-order valence-electron chi connectivity index (χ3n) is 2.79. The summed E-state index contributed by atoms with van der Waals surface area (Å²) >= 11 is 0. The molecule has 0 saturated heterocycles. The van der Waals surface area contributed by atoms with Gasteiger partial charge < -0.3 is 0 Å². The Kier molecular flexibility index (Phi) is 5.37. The fraction of sp³-hybridized carbons (Fsp3) is 0.312. The minimum atomic E-state index is -0.130. The molecule has 0 aromatic carbocycles. The van der Waals surface area contributed by atoms with Gasteiger partial charge in [-0.25, -0.2) is 0 Å². The monoisotopic (exact) mass is 258 g/mol. The first-order chi connectivity index (χ1) is 8.90. The minimum Gasteiger partial charge on any atom is -0.295 e. The Labute approximate surface area is 113 Å². The summed E-state index contributed by atoms with van der Waals surface area (Å²) in [6.45, 7) is 5.09. The van der Waals surface area contributed by atoms with Crippen LogP contribution in [0.1, 0.15) is 33.6 Å². The zero-order chi connectivity index (χ0) is 14.4. The molecule has 0 aromatic heterocycles. The quantitative estimate of drug-likeness (QED) is 0.433. The van der Waals surface area contributed by atoms with E-state index in [-0.39, 0.29) is 17.3 Å². The van der Waals surface area contributed by atoms with Crippen LogP contribution in [-0.4, -0.2) is 17.3 Å². The molecule has 3 nitrogen and oxygen atoms in total. The number of hydrogen-bond acceptors (Lipinski definition) is 3. The predicted molar refractivity (Wildman–Crippen MR) is 74.7 cm³/mol. The van der Waals surface area contributed by atoms with E-state index < -0.39 is 0 Å². The molecule has 19 heavy (non-hydrogen) atoms. The summed E-state index contributed by atoms with van der Waals surface area (Å²) in [6, 6.07) is 0. The Morgan fingerprint density at radius 3 is 2.53 bits per heavy atom. The molecule has 0 N–H and O–H groups in total. The van der Waals surface area contributed by atoms with E-state index in [4.69, 9.17) is 0 Å². The van der Waals surface area contributed by atoms with Gasteiger partial charge in [-0.05, 0) is 51.8 Å². The fourth-order valence-electron chi connectivity index (χ4n) is 1.74. The van der Waals surface area contributed by atoms with Crippen molar-refractivity contribution < 1.29 is 14.4 Å². The summed E-state index contributed by atoms with van der Waals surface area (Å²) in [4.78, 5) is 33.9. The Morgan fingerprint density at radius 1 is 1.21 bits per heavy atom. The van der Waals surface area contributed by atoms with Gasteiger partial charge in [-0.2, -0.15) is 0 Å². The number of allylic oxidation sites excluding steroid dienone is 8. The van der Waals surface area contributed by atoms with Crippen molar-refractivity contribution in [3.63, 3.8) is 0 Å². The van der Waals surface area contributed by atoms with E-state index >= 15 is 0 Å². The minimum absolute atomic E-state index is 0.0179. The summed E-state index contributed by atoms with van der Waals surface area (Å²) < 4.78 is 0. The van der Waals surface area contributed by atoms with Gasteiger partial charge in [-0.1, -0.05) is 17.7 Å². The standard InChI is InChI=1S/C16H18O3/c1-11(5-4-6-13(3)17)7-8-14-10-15(18)9-12(2)16(14)19/h4,6-7,9-10H,5,8H2,1-3H3/b6-4+,11-7+. The highest BCUT2D eigenvalue weighted by molar-refractivity contribution is 6.20. The average Bonchev–Trinajstić information content (AvgIpc) is 2.31. The number of ketones is 3. The van der Waals surface area contributed by atoms with Gasteiger partial charge in [0.1, 0.15) is 0 Å². The van der Waals surface area contributed by atoms with Crippen LogP contribution in [-0.2, 0) is 14.4 Å². The maximum atomic E-state index is 11.8. The van der Waals surface area contributed by atoms with E-state index in [9.17, 15) is 14.4 Å². The van der Waals surface area contributed by atoms with Gasteiger partial charge in [0.15, 0.2) is 17.3 Å². The van der Waals surface area contributed by atoms with Crippen molar-refractivity contribution in [1.29, 1.82) is 0 Å². The zero-order valence-electron chi connectivity index (χ0n) is 11.5. The molecule has 0 fully saturated rings. The largest absolute Gasteiger partial charge is 0.295 e. The molecule has 0 saturated carbocycles. The lowest BCUT2D eigenvalue weighted by atomic mass is 9.94. The predicted octanol–water partition coefficient (Wildman–Crippen LogP) is 2.88. The smallest absolute Gasteiger partial charge is 0.185 e. The Bertz CT molecular complexity index is 528. The van der Waals surface area contributed by atoms with Crippen molar-refractivity contribution in [2.45, 2.75) is 33.6 Å². The molecule has 0 unspecified atom stereocenters. The van der Waals surface area contributed by atoms with Crippen LogP contribution >= 0.6 is 0 Å². The lowest BCUT2D eigenvalue weighted by Gasteiger charge is -2.08. The highest BCUT2D eigenvalue weighted by Gasteiger charge is 2.17. The number of hydrogen-bond donors (Lipinski definition) is 0. The summed E-state index contributed by atoms with van der Waals surface area (Å²) in [6.07, 6.45) is 9.11. The van der Waals surface area contributed by atoms with Crippen LogP contribution in [0, 0.1) is 0 Å². The number of rotatable bonds is 5. The molecule has 0 radical (unpaired) electrons. The second kappa shape index (κ2) is 6.78. The van der Waals surface area contributed by atoms with Crippen LogP contribution in [0.2, 0.25) is 0 Å². The molecule has 0 aromatic rings. The van der Waals surface area contributed by atoms with Crippen LogP contribution in [0.5, 0.6) is 0 Å². The molecule has 100 valence electrons. The third kappa shape index (κ3) is 5.00. The summed E-state index contributed by atoms with van der Waals surface area (Å²) in [5.41, 5.74) is 2.08. The van der Waals surface area contributed by atoms with Crippen molar-refractivity contribution in [2.24, 2.45) is 0 Å². The highest BCUT2D eigenvalue weighted by Crippen LogP contribution is 2.17. The topological polar surface area (TPSA) is 51.2 Å². The van der Waals surface area contributed by atoms with E-state index in [0.717, 1.165) is 5.57 Å². The number of carbonyl (C=O) groups excluding carboxylic acids is 3. The van der Waals surface area contributed by atoms with Crippen molar-refractivity contribution in [2.75, 3.05) is 0 Å². The van der Waals surface area contributed by atoms with Gasteiger partial charge in [-0.15, -0.1) is 0 Å². The van der Waals surface area contributed by atoms with Crippen LogP contribution in [0.25, 0.3) is 0 Å². The second-order valence-corrected chi connectivity index (χ2v) is 4.70. The second-order valence-electron chi connectivity index (χ2n) is 4.70. The third-order valence-corrected chi connectivity index (χ3v) is 2.79. The SMILES string of the molecule is CC(=O)/C=C/C/C(C)=C/CC1=CC(=O)C=C(C)C1=O. The van der Waals surface area contributed by atoms with Gasteiger partial charge in [0, 0.05) is 11.1 Å². The van der Waals surface area contributed by atoms with E-state index in [2.05, 4.69) is 0 Å². The molecule has 0 aliphatic heterocycles. The van der Waals surface area contributed by atoms with Crippen LogP contribution in [0.4, 0.5) is 0 Å². The maximum absolute atomic E-state index is 11.8. The first-order valence-corrected chi connectivity index (χ1v) is 6.20. The lowest BCUT2D eigenvalue weighted by Crippen LogP contribution is -2.12. The van der Waals surface area contributed by atoms with Gasteiger partial charge in [0.05, 0.1) is 0 Å². The average molecular weight is 258 g/mol. The fourth-order valence-corrected chi connectivity index (χ4v) is 1.74. The molecule has 0 amide bonds. The van der Waals surface area contributed by atoms with Gasteiger partial charge in [-0.3, -0.25) is 14.4 Å². The van der Waals surface area contributed by atoms with Crippen LogP contribution < -0.4 is 0 Å². The molecule has 1 aliphatic rings. The zero-order valence-corrected chi connectivity index (χ0v) is 11.5. The Balaban J connectivity index is 2.63. The molecule has 1 rings (SSSR count). The van der Waals surface area contributed by atoms with Gasteiger partial charge in [0.2, 0.25) is 0 Å². The molecule has 0 bridgehead atoms. The van der Waals surface area contributed by atoms with E-state index in [1.807, 2.05) is 13.0 Å². The molecule has 1 aliphatic carbocycles.